The Morgan fingerprint density at radius 1 is 1.19 bits per heavy atom. The Kier molecular flexibility index (Phi) is 2.55. The van der Waals surface area contributed by atoms with Gasteiger partial charge in [0.25, 0.3) is 0 Å². The molecule has 1 heterocycles. The number of imidazole rings is 1. The van der Waals surface area contributed by atoms with E-state index in [1.54, 1.807) is 6.07 Å². The molecule has 1 saturated carbocycles. The van der Waals surface area contributed by atoms with Crippen LogP contribution in [-0.4, -0.2) is 9.55 Å². The van der Waals surface area contributed by atoms with Crippen LogP contribution in [0.2, 0.25) is 0 Å². The summed E-state index contributed by atoms with van der Waals surface area (Å²) in [5.41, 5.74) is 9.79. The number of benzene rings is 2. The van der Waals surface area contributed by atoms with Crippen LogP contribution in [0.5, 0.6) is 0 Å². The van der Waals surface area contributed by atoms with E-state index in [4.69, 9.17) is 10.7 Å². The molecule has 1 aliphatic rings. The molecule has 3 nitrogen and oxygen atoms in total. The Bertz CT molecular complexity index is 847. The molecule has 0 amide bonds. The van der Waals surface area contributed by atoms with Gasteiger partial charge in [0.1, 0.15) is 11.6 Å². The highest BCUT2D eigenvalue weighted by Crippen LogP contribution is 2.41. The van der Waals surface area contributed by atoms with Crippen molar-refractivity contribution in [2.75, 3.05) is 5.73 Å². The molecule has 0 radical (unpaired) electrons. The average molecular weight is 281 g/mol. The number of hydrogen-bond donors (Lipinski definition) is 1. The molecule has 0 atom stereocenters. The molecular formula is C17H16FN3. The fourth-order valence-electron chi connectivity index (χ4n) is 2.78. The van der Waals surface area contributed by atoms with E-state index in [1.165, 1.54) is 11.6 Å². The molecule has 0 aliphatic heterocycles. The minimum atomic E-state index is -0.391. The molecule has 21 heavy (non-hydrogen) atoms. The predicted molar refractivity (Wildman–Crippen MR) is 82.5 cm³/mol. The third-order valence-corrected chi connectivity index (χ3v) is 4.02. The topological polar surface area (TPSA) is 43.8 Å². The van der Waals surface area contributed by atoms with Gasteiger partial charge in [-0.05, 0) is 55.7 Å². The number of hydrogen-bond acceptors (Lipinski definition) is 2. The highest BCUT2D eigenvalue weighted by atomic mass is 19.1. The van der Waals surface area contributed by atoms with Gasteiger partial charge in [-0.15, -0.1) is 0 Å². The van der Waals surface area contributed by atoms with Crippen LogP contribution in [0, 0.1) is 12.7 Å². The summed E-state index contributed by atoms with van der Waals surface area (Å²) in [4.78, 5) is 4.73. The van der Waals surface area contributed by atoms with Gasteiger partial charge in [0.15, 0.2) is 0 Å². The second-order valence-electron chi connectivity index (χ2n) is 5.77. The van der Waals surface area contributed by atoms with E-state index in [1.807, 2.05) is 6.07 Å². The van der Waals surface area contributed by atoms with E-state index < -0.39 is 5.82 Å². The molecule has 2 aromatic carbocycles. The second-order valence-corrected chi connectivity index (χ2v) is 5.77. The van der Waals surface area contributed by atoms with E-state index >= 15 is 0 Å². The fourth-order valence-corrected chi connectivity index (χ4v) is 2.78. The summed E-state index contributed by atoms with van der Waals surface area (Å²) in [5, 5.41) is 0. The highest BCUT2D eigenvalue weighted by Gasteiger charge is 2.28. The smallest absolute Gasteiger partial charge is 0.146 e. The van der Waals surface area contributed by atoms with Crippen molar-refractivity contribution >= 4 is 16.7 Å². The van der Waals surface area contributed by atoms with Gasteiger partial charge >= 0.3 is 0 Å². The molecular weight excluding hydrogens is 265 g/mol. The Morgan fingerprint density at radius 3 is 2.71 bits per heavy atom. The summed E-state index contributed by atoms with van der Waals surface area (Å²) < 4.78 is 16.0. The van der Waals surface area contributed by atoms with Crippen molar-refractivity contribution in [3.05, 3.63) is 47.8 Å². The van der Waals surface area contributed by atoms with Gasteiger partial charge in [-0.2, -0.15) is 0 Å². The maximum Gasteiger partial charge on any atom is 0.146 e. The van der Waals surface area contributed by atoms with Gasteiger partial charge in [0.05, 0.1) is 16.7 Å². The van der Waals surface area contributed by atoms with Crippen LogP contribution < -0.4 is 5.73 Å². The molecule has 1 aliphatic carbocycles. The van der Waals surface area contributed by atoms with Crippen molar-refractivity contribution in [1.82, 2.24) is 9.55 Å². The van der Waals surface area contributed by atoms with Crippen molar-refractivity contribution in [1.29, 1.82) is 0 Å². The molecule has 0 spiro atoms. The summed E-state index contributed by atoms with van der Waals surface area (Å²) in [6.45, 7) is 2.05. The van der Waals surface area contributed by atoms with Gasteiger partial charge in [0, 0.05) is 11.6 Å². The lowest BCUT2D eigenvalue weighted by molar-refractivity contribution is 0.632. The molecule has 1 aromatic heterocycles. The van der Waals surface area contributed by atoms with Crippen molar-refractivity contribution in [2.24, 2.45) is 0 Å². The molecule has 4 heteroatoms. The Morgan fingerprint density at radius 2 is 2.00 bits per heavy atom. The van der Waals surface area contributed by atoms with E-state index in [2.05, 4.69) is 29.7 Å². The number of halogens is 1. The standard InChI is InChI=1S/C17H16FN3/c1-10-2-7-16-15(8-10)20-17(21(16)12-4-5-12)11-3-6-14(19)13(18)9-11/h2-3,6-9,12H,4-5,19H2,1H3. The number of rotatable bonds is 2. The lowest BCUT2D eigenvalue weighted by Crippen LogP contribution is -1.98. The number of fused-ring (bicyclic) bond motifs is 1. The summed E-state index contributed by atoms with van der Waals surface area (Å²) >= 11 is 0. The molecule has 1 fully saturated rings. The maximum absolute atomic E-state index is 13.8. The molecule has 106 valence electrons. The lowest BCUT2D eigenvalue weighted by Gasteiger charge is -2.08. The van der Waals surface area contributed by atoms with Crippen molar-refractivity contribution < 1.29 is 4.39 Å². The summed E-state index contributed by atoms with van der Waals surface area (Å²) in [6, 6.07) is 11.7. The SMILES string of the molecule is Cc1ccc2c(c1)nc(-c1ccc(N)c(F)c1)n2C1CC1. The number of aromatic nitrogens is 2. The Balaban J connectivity index is 1.98. The third-order valence-electron chi connectivity index (χ3n) is 4.02. The molecule has 0 bridgehead atoms. The van der Waals surface area contributed by atoms with E-state index in [-0.39, 0.29) is 5.69 Å². The van der Waals surface area contributed by atoms with Crippen LogP contribution in [0.3, 0.4) is 0 Å². The summed E-state index contributed by atoms with van der Waals surface area (Å²) in [7, 11) is 0. The van der Waals surface area contributed by atoms with Crippen LogP contribution in [0.15, 0.2) is 36.4 Å². The number of aryl methyl sites for hydroxylation is 1. The van der Waals surface area contributed by atoms with E-state index in [0.717, 1.165) is 35.3 Å². The first-order valence-electron chi connectivity index (χ1n) is 7.17. The lowest BCUT2D eigenvalue weighted by atomic mass is 10.2. The minimum absolute atomic E-state index is 0.170. The molecule has 4 rings (SSSR count). The normalized spacial score (nSPS) is 14.8. The zero-order valence-corrected chi connectivity index (χ0v) is 11.8. The summed E-state index contributed by atoms with van der Waals surface area (Å²) in [6.07, 6.45) is 2.31. The highest BCUT2D eigenvalue weighted by molar-refractivity contribution is 5.82. The van der Waals surface area contributed by atoms with Gasteiger partial charge < -0.3 is 10.3 Å². The first kappa shape index (κ1) is 12.4. The van der Waals surface area contributed by atoms with Gasteiger partial charge in [-0.1, -0.05) is 6.07 Å². The molecule has 3 aromatic rings. The zero-order chi connectivity index (χ0) is 14.6. The largest absolute Gasteiger partial charge is 0.396 e. The third kappa shape index (κ3) is 1.98. The average Bonchev–Trinajstić information content (AvgIpc) is 3.22. The van der Waals surface area contributed by atoms with Crippen LogP contribution in [0.25, 0.3) is 22.4 Å². The van der Waals surface area contributed by atoms with Crippen LogP contribution in [-0.2, 0) is 0 Å². The monoisotopic (exact) mass is 281 g/mol. The Labute approximate surface area is 122 Å². The number of nitrogen functional groups attached to an aromatic ring is 1. The van der Waals surface area contributed by atoms with E-state index in [9.17, 15) is 4.39 Å². The number of nitrogens with two attached hydrogens (primary N) is 1. The minimum Gasteiger partial charge on any atom is -0.396 e. The van der Waals surface area contributed by atoms with Crippen LogP contribution >= 0.6 is 0 Å². The van der Waals surface area contributed by atoms with Gasteiger partial charge in [0.2, 0.25) is 0 Å². The quantitative estimate of drug-likeness (QED) is 0.720. The van der Waals surface area contributed by atoms with Crippen LogP contribution in [0.1, 0.15) is 24.4 Å². The fraction of sp³-hybridized carbons (Fsp3) is 0.235. The first-order valence-corrected chi connectivity index (χ1v) is 7.17. The predicted octanol–water partition coefficient (Wildman–Crippen LogP) is 4.07. The first-order chi connectivity index (χ1) is 10.1. The van der Waals surface area contributed by atoms with Crippen molar-refractivity contribution in [3.63, 3.8) is 0 Å². The van der Waals surface area contributed by atoms with Gasteiger partial charge in [-0.25, -0.2) is 9.37 Å². The number of anilines is 1. The second kappa shape index (κ2) is 4.32. The Hall–Kier alpha value is -2.36. The van der Waals surface area contributed by atoms with Crippen molar-refractivity contribution in [2.45, 2.75) is 25.8 Å². The molecule has 0 saturated heterocycles. The molecule has 0 unspecified atom stereocenters. The zero-order valence-electron chi connectivity index (χ0n) is 11.8. The maximum atomic E-state index is 13.8. The van der Waals surface area contributed by atoms with Crippen LogP contribution in [0.4, 0.5) is 10.1 Å². The van der Waals surface area contributed by atoms with E-state index in [0.29, 0.717) is 6.04 Å². The van der Waals surface area contributed by atoms with Crippen molar-refractivity contribution in [3.8, 4) is 11.4 Å². The molecule has 2 N–H and O–H groups in total. The van der Waals surface area contributed by atoms with Gasteiger partial charge in [-0.3, -0.25) is 0 Å². The number of nitrogens with zero attached hydrogens (tertiary/aromatic N) is 2. The summed E-state index contributed by atoms with van der Waals surface area (Å²) in [5.74, 6) is 0.440.